The predicted octanol–water partition coefficient (Wildman–Crippen LogP) is 4.93. The summed E-state index contributed by atoms with van der Waals surface area (Å²) >= 11 is 2.73. The van der Waals surface area contributed by atoms with Crippen LogP contribution in [0, 0.1) is 0 Å². The number of rotatable bonds is 3. The third kappa shape index (κ3) is 3.35. The van der Waals surface area contributed by atoms with Gasteiger partial charge in [-0.1, -0.05) is 0 Å². The van der Waals surface area contributed by atoms with Gasteiger partial charge in [-0.3, -0.25) is 4.98 Å². The minimum Gasteiger partial charge on any atom is -0.301 e. The summed E-state index contributed by atoms with van der Waals surface area (Å²) in [6.07, 6.45) is 2.89. The Balaban J connectivity index is 1.68. The first-order valence-corrected chi connectivity index (χ1v) is 10.9. The lowest BCUT2D eigenvalue weighted by Crippen LogP contribution is -2.13. The first-order chi connectivity index (χ1) is 14.4. The van der Waals surface area contributed by atoms with E-state index in [1.165, 1.54) is 17.5 Å². The Bertz CT molecular complexity index is 1230. The summed E-state index contributed by atoms with van der Waals surface area (Å²) < 4.78 is 40.4. The molecule has 6 nitrogen and oxygen atoms in total. The maximum absolute atomic E-state index is 13.2. The number of pyridine rings is 1. The fourth-order valence-electron chi connectivity index (χ4n) is 3.56. The van der Waals surface area contributed by atoms with Crippen LogP contribution >= 0.6 is 23.1 Å². The minimum atomic E-state index is -4.57. The van der Waals surface area contributed by atoms with Gasteiger partial charge in [-0.15, -0.1) is 21.5 Å². The Morgan fingerprint density at radius 1 is 1.13 bits per heavy atom. The highest BCUT2D eigenvalue weighted by Crippen LogP contribution is 2.42. The van der Waals surface area contributed by atoms with Crippen molar-refractivity contribution in [2.24, 2.45) is 7.05 Å². The van der Waals surface area contributed by atoms with Crippen molar-refractivity contribution >= 4 is 33.3 Å². The minimum absolute atomic E-state index is 0.134. The number of hydrogen-bond donors (Lipinski definition) is 0. The number of thiophene rings is 1. The Hall–Kier alpha value is -2.53. The van der Waals surface area contributed by atoms with Gasteiger partial charge in [-0.25, -0.2) is 9.97 Å². The number of aromatic nitrogens is 6. The van der Waals surface area contributed by atoms with Crippen LogP contribution in [0.25, 0.3) is 21.6 Å². The lowest BCUT2D eigenvalue weighted by molar-refractivity contribution is -0.147. The zero-order chi connectivity index (χ0) is 20.9. The van der Waals surface area contributed by atoms with Gasteiger partial charge in [0.15, 0.2) is 11.0 Å². The van der Waals surface area contributed by atoms with Gasteiger partial charge in [-0.05, 0) is 55.1 Å². The molecule has 1 aliphatic carbocycles. The second-order valence-corrected chi connectivity index (χ2v) is 8.99. The predicted molar refractivity (Wildman–Crippen MR) is 107 cm³/mol. The fourth-order valence-corrected chi connectivity index (χ4v) is 5.82. The number of fused-ring (bicyclic) bond motifs is 3. The highest BCUT2D eigenvalue weighted by molar-refractivity contribution is 7.99. The smallest absolute Gasteiger partial charge is 0.301 e. The highest BCUT2D eigenvalue weighted by atomic mass is 32.2. The van der Waals surface area contributed by atoms with Gasteiger partial charge in [-0.2, -0.15) is 13.2 Å². The summed E-state index contributed by atoms with van der Waals surface area (Å²) in [7, 11) is 1.31. The molecule has 1 aliphatic rings. The Labute approximate surface area is 177 Å². The summed E-state index contributed by atoms with van der Waals surface area (Å²) in [6, 6.07) is 3.66. The van der Waals surface area contributed by atoms with Gasteiger partial charge in [0.2, 0.25) is 5.82 Å². The molecule has 0 fully saturated rings. The number of halogens is 3. The van der Waals surface area contributed by atoms with E-state index in [9.17, 15) is 13.2 Å². The fraction of sp³-hybridized carbons (Fsp3) is 0.316. The van der Waals surface area contributed by atoms with Crippen LogP contribution in [-0.4, -0.2) is 29.7 Å². The number of hydrogen-bond acceptors (Lipinski definition) is 7. The molecule has 4 aromatic heterocycles. The number of alkyl halides is 3. The first kappa shape index (κ1) is 19.4. The molecule has 0 aromatic carbocycles. The molecular weight excluding hydrogens is 433 g/mol. The average Bonchev–Trinajstić information content (AvgIpc) is 3.29. The highest BCUT2D eigenvalue weighted by Gasteiger charge is 2.37. The molecule has 154 valence electrons. The maximum atomic E-state index is 13.2. The molecule has 4 heterocycles. The Morgan fingerprint density at radius 3 is 2.70 bits per heavy atom. The van der Waals surface area contributed by atoms with E-state index in [2.05, 4.69) is 15.2 Å². The Morgan fingerprint density at radius 2 is 1.97 bits per heavy atom. The van der Waals surface area contributed by atoms with Crippen molar-refractivity contribution in [3.8, 4) is 11.4 Å². The van der Waals surface area contributed by atoms with Crippen LogP contribution < -0.4 is 0 Å². The number of aryl methyl sites for hydroxylation is 2. The Kier molecular flexibility index (Phi) is 4.73. The average molecular weight is 448 g/mol. The van der Waals surface area contributed by atoms with Crippen LogP contribution in [0.1, 0.15) is 29.1 Å². The second-order valence-electron chi connectivity index (χ2n) is 6.95. The summed E-state index contributed by atoms with van der Waals surface area (Å²) in [5.41, 5.74) is 1.96. The molecule has 0 spiro atoms. The molecule has 0 saturated heterocycles. The zero-order valence-corrected chi connectivity index (χ0v) is 17.4. The summed E-state index contributed by atoms with van der Waals surface area (Å²) in [4.78, 5) is 15.7. The molecule has 5 rings (SSSR count). The SMILES string of the molecule is Cn1c(Sc2nc(-c3cccnc3)nc3sc4c(c23)CCCC4)nnc1C(F)(F)F. The van der Waals surface area contributed by atoms with Crippen molar-refractivity contribution in [3.05, 3.63) is 40.8 Å². The normalized spacial score (nSPS) is 14.3. The van der Waals surface area contributed by atoms with Crippen molar-refractivity contribution < 1.29 is 13.2 Å². The molecule has 0 saturated carbocycles. The van der Waals surface area contributed by atoms with Crippen molar-refractivity contribution in [1.29, 1.82) is 0 Å². The molecular formula is C19H15F3N6S2. The number of nitrogens with zero attached hydrogens (tertiary/aromatic N) is 6. The van der Waals surface area contributed by atoms with Gasteiger partial charge in [0.1, 0.15) is 9.86 Å². The van der Waals surface area contributed by atoms with Crippen molar-refractivity contribution in [2.45, 2.75) is 42.0 Å². The molecule has 11 heteroatoms. The van der Waals surface area contributed by atoms with E-state index in [0.717, 1.165) is 57.8 Å². The van der Waals surface area contributed by atoms with Crippen LogP contribution in [-0.2, 0) is 26.1 Å². The van der Waals surface area contributed by atoms with E-state index in [4.69, 9.17) is 9.97 Å². The maximum Gasteiger partial charge on any atom is 0.451 e. The van der Waals surface area contributed by atoms with E-state index < -0.39 is 12.0 Å². The summed E-state index contributed by atoms with van der Waals surface area (Å²) in [5.74, 6) is -0.537. The summed E-state index contributed by atoms with van der Waals surface area (Å²) in [6.45, 7) is 0. The molecule has 0 aliphatic heterocycles. The largest absolute Gasteiger partial charge is 0.451 e. The van der Waals surface area contributed by atoms with Crippen molar-refractivity contribution in [3.63, 3.8) is 0 Å². The molecule has 0 N–H and O–H groups in total. The van der Waals surface area contributed by atoms with Crippen molar-refractivity contribution in [1.82, 2.24) is 29.7 Å². The molecule has 0 amide bonds. The zero-order valence-electron chi connectivity index (χ0n) is 15.8. The molecule has 0 atom stereocenters. The molecule has 30 heavy (non-hydrogen) atoms. The lowest BCUT2D eigenvalue weighted by atomic mass is 9.97. The van der Waals surface area contributed by atoms with Crippen LogP contribution in [0.3, 0.4) is 0 Å². The summed E-state index contributed by atoms with van der Waals surface area (Å²) in [5, 5.41) is 8.76. The third-order valence-corrected chi connectivity index (χ3v) is 7.19. The van der Waals surface area contributed by atoms with Gasteiger partial charge < -0.3 is 4.57 Å². The lowest BCUT2D eigenvalue weighted by Gasteiger charge is -2.12. The molecule has 0 bridgehead atoms. The van der Waals surface area contributed by atoms with Crippen molar-refractivity contribution in [2.75, 3.05) is 0 Å². The van der Waals surface area contributed by atoms with E-state index in [0.29, 0.717) is 10.9 Å². The monoisotopic (exact) mass is 448 g/mol. The van der Waals surface area contributed by atoms with E-state index in [-0.39, 0.29) is 5.16 Å². The molecule has 0 unspecified atom stereocenters. The van der Waals surface area contributed by atoms with E-state index >= 15 is 0 Å². The second kappa shape index (κ2) is 7.31. The quantitative estimate of drug-likeness (QED) is 0.414. The molecule has 0 radical (unpaired) electrons. The van der Waals surface area contributed by atoms with Gasteiger partial charge in [0, 0.05) is 35.3 Å². The van der Waals surface area contributed by atoms with Crippen LogP contribution in [0.2, 0.25) is 0 Å². The molecule has 4 aromatic rings. The van der Waals surface area contributed by atoms with Crippen LogP contribution in [0.15, 0.2) is 34.7 Å². The standard InChI is InChI=1S/C19H15F3N6S2/c1-28-17(19(20,21)22)26-27-18(28)30-16-13-11-6-2-3-7-12(11)29-15(13)24-14(25-16)10-5-4-8-23-9-10/h4-5,8-9H,2-3,6-7H2,1H3. The van der Waals surface area contributed by atoms with Gasteiger partial charge in [0.25, 0.3) is 0 Å². The van der Waals surface area contributed by atoms with Crippen LogP contribution in [0.5, 0.6) is 0 Å². The van der Waals surface area contributed by atoms with E-state index in [1.807, 2.05) is 6.07 Å². The van der Waals surface area contributed by atoms with Gasteiger partial charge in [0.05, 0.1) is 0 Å². The first-order valence-electron chi connectivity index (χ1n) is 9.29. The van der Waals surface area contributed by atoms with E-state index in [1.54, 1.807) is 29.8 Å². The topological polar surface area (TPSA) is 69.4 Å². The third-order valence-electron chi connectivity index (χ3n) is 4.98. The van der Waals surface area contributed by atoms with Gasteiger partial charge >= 0.3 is 6.18 Å². The van der Waals surface area contributed by atoms with Crippen LogP contribution in [0.4, 0.5) is 13.2 Å².